The maximum Gasteiger partial charge on any atom is 0.472 e. The number of aliphatic hydroxyl groups excluding tert-OH is 1. The van der Waals surface area contributed by atoms with Crippen LogP contribution in [-0.2, 0) is 65.4 Å². The lowest BCUT2D eigenvalue weighted by Gasteiger charge is -2.21. The Balaban J connectivity index is 5.10. The lowest BCUT2D eigenvalue weighted by atomic mass is 10.00. The number of unbranched alkanes of at least 4 members (excludes halogenated alkanes) is 44. The molecule has 4 unspecified atom stereocenters. The van der Waals surface area contributed by atoms with Gasteiger partial charge in [-0.15, -0.1) is 0 Å². The van der Waals surface area contributed by atoms with Gasteiger partial charge in [0.25, 0.3) is 0 Å². The number of hydrogen-bond acceptors (Lipinski definition) is 15. The zero-order valence-electron chi connectivity index (χ0n) is 66.5. The van der Waals surface area contributed by atoms with E-state index in [4.69, 9.17) is 37.0 Å². The van der Waals surface area contributed by atoms with Crippen LogP contribution in [0.25, 0.3) is 0 Å². The summed E-state index contributed by atoms with van der Waals surface area (Å²) in [5.41, 5.74) is 0. The van der Waals surface area contributed by atoms with Crippen molar-refractivity contribution in [3.05, 3.63) is 0 Å². The Kier molecular flexibility index (Phi) is 69.6. The van der Waals surface area contributed by atoms with Crippen LogP contribution in [0.5, 0.6) is 0 Å². The van der Waals surface area contributed by atoms with Crippen LogP contribution in [0.15, 0.2) is 0 Å². The molecule has 0 aliphatic heterocycles. The summed E-state index contributed by atoms with van der Waals surface area (Å²) < 4.78 is 68.6. The fraction of sp³-hybridized carbons (Fsp3) is 0.951. The first-order chi connectivity index (χ1) is 48.6. The molecule has 0 radical (unpaired) electrons. The second-order valence-corrected chi connectivity index (χ2v) is 34.1. The van der Waals surface area contributed by atoms with E-state index in [1.54, 1.807) is 0 Å². The second kappa shape index (κ2) is 71.0. The number of phosphoric ester groups is 2. The highest BCUT2D eigenvalue weighted by Gasteiger charge is 2.30. The maximum atomic E-state index is 13.1. The van der Waals surface area contributed by atoms with Crippen molar-refractivity contribution in [3.63, 3.8) is 0 Å². The molecule has 6 atom stereocenters. The van der Waals surface area contributed by atoms with Crippen molar-refractivity contribution in [2.24, 2.45) is 23.7 Å². The van der Waals surface area contributed by atoms with Gasteiger partial charge in [0.2, 0.25) is 0 Å². The molecule has 0 rings (SSSR count). The molecule has 0 amide bonds. The molecule has 0 aromatic heterocycles. The van der Waals surface area contributed by atoms with Gasteiger partial charge in [0, 0.05) is 25.7 Å². The van der Waals surface area contributed by atoms with Gasteiger partial charge in [0.05, 0.1) is 26.4 Å². The molecule has 0 aliphatic carbocycles. The van der Waals surface area contributed by atoms with Crippen molar-refractivity contribution in [3.8, 4) is 0 Å². The molecule has 600 valence electrons. The Hall–Kier alpha value is -1.94. The summed E-state index contributed by atoms with van der Waals surface area (Å²) in [6.45, 7) is 14.2. The monoisotopic (exact) mass is 1480 g/mol. The van der Waals surface area contributed by atoms with E-state index in [0.717, 1.165) is 114 Å². The van der Waals surface area contributed by atoms with Gasteiger partial charge in [-0.2, -0.15) is 0 Å². The Morgan fingerprint density at radius 3 is 0.703 bits per heavy atom. The van der Waals surface area contributed by atoms with Crippen molar-refractivity contribution in [2.75, 3.05) is 39.6 Å². The zero-order valence-corrected chi connectivity index (χ0v) is 68.3. The molecule has 0 aromatic rings. The smallest absolute Gasteiger partial charge is 0.462 e. The molecule has 0 saturated heterocycles. The number of carbonyl (C=O) groups excluding carboxylic acids is 4. The fourth-order valence-electron chi connectivity index (χ4n) is 12.6. The topological polar surface area (TPSA) is 237 Å². The second-order valence-electron chi connectivity index (χ2n) is 31.2. The summed E-state index contributed by atoms with van der Waals surface area (Å²) in [6, 6.07) is 0. The number of phosphoric acid groups is 2. The van der Waals surface area contributed by atoms with Crippen molar-refractivity contribution >= 4 is 39.5 Å². The minimum atomic E-state index is -4.96. The molecular weight excluding hydrogens is 1320 g/mol. The van der Waals surface area contributed by atoms with E-state index in [1.165, 1.54) is 218 Å². The van der Waals surface area contributed by atoms with E-state index in [1.807, 2.05) is 0 Å². The molecule has 0 aliphatic rings. The van der Waals surface area contributed by atoms with Crippen LogP contribution in [0, 0.1) is 23.7 Å². The van der Waals surface area contributed by atoms with E-state index in [-0.39, 0.29) is 25.7 Å². The molecule has 0 fully saturated rings. The van der Waals surface area contributed by atoms with Gasteiger partial charge in [-0.25, -0.2) is 9.13 Å². The van der Waals surface area contributed by atoms with Gasteiger partial charge in [0.1, 0.15) is 19.3 Å². The molecule has 0 aromatic carbocycles. The molecule has 0 heterocycles. The summed E-state index contributed by atoms with van der Waals surface area (Å²) in [5, 5.41) is 10.6. The summed E-state index contributed by atoms with van der Waals surface area (Å²) in [7, 11) is -9.92. The SMILES string of the molecule is CCC(C)CCCCCCCCC(=O)O[C@H](COC(=O)CCCCCCCCCCCCCCCCCCCCC(C)C)COP(=O)(O)OCC(O)COP(=O)(O)OC[C@@H](COC(=O)CCCCCCCCC(C)C)OC(=O)CCCCCCCCCCCCCCCCCCCCC(C)C. The average Bonchev–Trinajstić information content (AvgIpc) is 1.00. The third-order valence-corrected chi connectivity index (χ3v) is 21.3. The van der Waals surface area contributed by atoms with E-state index >= 15 is 0 Å². The first kappa shape index (κ1) is 99.1. The normalized spacial score (nSPS) is 14.3. The Labute approximate surface area is 619 Å². The van der Waals surface area contributed by atoms with Gasteiger partial charge in [-0.05, 0) is 49.4 Å². The van der Waals surface area contributed by atoms with E-state index in [0.29, 0.717) is 31.6 Å². The highest BCUT2D eigenvalue weighted by Crippen LogP contribution is 2.45. The van der Waals surface area contributed by atoms with Gasteiger partial charge in [0.15, 0.2) is 12.2 Å². The van der Waals surface area contributed by atoms with Crippen LogP contribution in [0.3, 0.4) is 0 Å². The van der Waals surface area contributed by atoms with Crippen LogP contribution >= 0.6 is 15.6 Å². The molecule has 0 bridgehead atoms. The number of aliphatic hydroxyl groups is 1. The minimum absolute atomic E-state index is 0.103. The van der Waals surface area contributed by atoms with E-state index < -0.39 is 97.5 Å². The number of rotatable bonds is 79. The molecule has 0 saturated carbocycles. The highest BCUT2D eigenvalue weighted by atomic mass is 31.2. The van der Waals surface area contributed by atoms with Crippen LogP contribution in [0.2, 0.25) is 0 Å². The molecular formula is C82H160O17P2. The third kappa shape index (κ3) is 74.7. The summed E-state index contributed by atoms with van der Waals surface area (Å²) in [4.78, 5) is 72.9. The number of hydrogen-bond donors (Lipinski definition) is 3. The highest BCUT2D eigenvalue weighted by molar-refractivity contribution is 7.47. The van der Waals surface area contributed by atoms with Gasteiger partial charge in [-0.3, -0.25) is 37.3 Å². The van der Waals surface area contributed by atoms with Crippen molar-refractivity contribution < 1.29 is 80.2 Å². The zero-order chi connectivity index (χ0) is 74.6. The van der Waals surface area contributed by atoms with E-state index in [2.05, 4.69) is 55.4 Å². The summed E-state index contributed by atoms with van der Waals surface area (Å²) >= 11 is 0. The average molecular weight is 1480 g/mol. The third-order valence-electron chi connectivity index (χ3n) is 19.4. The maximum absolute atomic E-state index is 13.1. The molecule has 19 heteroatoms. The van der Waals surface area contributed by atoms with Crippen LogP contribution < -0.4 is 0 Å². The van der Waals surface area contributed by atoms with Crippen molar-refractivity contribution in [1.82, 2.24) is 0 Å². The fourth-order valence-corrected chi connectivity index (χ4v) is 14.2. The molecule has 101 heavy (non-hydrogen) atoms. The lowest BCUT2D eigenvalue weighted by Crippen LogP contribution is -2.30. The quantitative estimate of drug-likeness (QED) is 0.0222. The van der Waals surface area contributed by atoms with Gasteiger partial charge < -0.3 is 33.8 Å². The Morgan fingerprint density at radius 2 is 0.475 bits per heavy atom. The largest absolute Gasteiger partial charge is 0.472 e. The Bertz CT molecular complexity index is 1970. The molecule has 0 spiro atoms. The van der Waals surface area contributed by atoms with Crippen molar-refractivity contribution in [2.45, 2.75) is 440 Å². The first-order valence-electron chi connectivity index (χ1n) is 42.2. The van der Waals surface area contributed by atoms with Crippen molar-refractivity contribution in [1.29, 1.82) is 0 Å². The van der Waals surface area contributed by atoms with Crippen LogP contribution in [0.4, 0.5) is 0 Å². The van der Waals surface area contributed by atoms with Crippen LogP contribution in [-0.4, -0.2) is 96.7 Å². The standard InChI is InChI=1S/C82H160O17P2/c1-9-75(8)61-53-45-39-41-49-57-65-82(87)99-78(68-92-79(84)62-54-46-36-32-28-24-20-16-12-10-14-18-22-26-30-34-42-50-58-72(2)3)71-97-101(90,91)95-67-76(83)66-94-100(88,89)96-70-77(69-93-80(85)63-55-47-40-38-44-52-60-74(6)7)98-81(86)64-56-48-37-33-29-25-21-17-13-11-15-19-23-27-31-35-43-51-59-73(4)5/h72-78,83H,9-71H2,1-8H3,(H,88,89)(H,90,91)/t75?,76?,77-,78-/m1/s1. The number of ether oxygens (including phenoxy) is 4. The number of carbonyl (C=O) groups is 4. The van der Waals surface area contributed by atoms with Crippen LogP contribution in [0.1, 0.15) is 421 Å². The summed E-state index contributed by atoms with van der Waals surface area (Å²) in [6.07, 6.45) is 58.8. The summed E-state index contributed by atoms with van der Waals surface area (Å²) in [5.74, 6) is 0.923. The predicted molar refractivity (Wildman–Crippen MR) is 414 cm³/mol. The predicted octanol–water partition coefficient (Wildman–Crippen LogP) is 24.4. The van der Waals surface area contributed by atoms with Gasteiger partial charge >= 0.3 is 39.5 Å². The minimum Gasteiger partial charge on any atom is -0.462 e. The molecule has 3 N–H and O–H groups in total. The Morgan fingerprint density at radius 1 is 0.277 bits per heavy atom. The van der Waals surface area contributed by atoms with Gasteiger partial charge in [-0.1, -0.05) is 370 Å². The molecule has 17 nitrogen and oxygen atoms in total. The number of esters is 4. The van der Waals surface area contributed by atoms with E-state index in [9.17, 15) is 43.2 Å². The first-order valence-corrected chi connectivity index (χ1v) is 45.2. The lowest BCUT2D eigenvalue weighted by molar-refractivity contribution is -0.161.